The molecule has 8 heteroatoms. The SMILES string of the molecule is CC(C)(C)OC(=O)c1ccc(C2CCc3ncn(CC(=O)O)c(=O)c3N2)cc1. The second-order valence-corrected chi connectivity index (χ2v) is 7.75. The van der Waals surface area contributed by atoms with Crippen molar-refractivity contribution in [2.75, 3.05) is 5.32 Å². The number of nitrogens with zero attached hydrogens (tertiary/aromatic N) is 2. The third-order valence-corrected chi connectivity index (χ3v) is 4.36. The summed E-state index contributed by atoms with van der Waals surface area (Å²) < 4.78 is 6.43. The molecule has 1 aromatic carbocycles. The van der Waals surface area contributed by atoms with Gasteiger partial charge in [0, 0.05) is 0 Å². The topological polar surface area (TPSA) is 111 Å². The predicted octanol–water partition coefficient (Wildman–Crippen LogP) is 2.38. The van der Waals surface area contributed by atoms with Crippen LogP contribution in [0.3, 0.4) is 0 Å². The lowest BCUT2D eigenvalue weighted by Gasteiger charge is -2.26. The van der Waals surface area contributed by atoms with Crippen LogP contribution in [0.5, 0.6) is 0 Å². The molecule has 3 rings (SSSR count). The lowest BCUT2D eigenvalue weighted by Crippen LogP contribution is -2.32. The summed E-state index contributed by atoms with van der Waals surface area (Å²) in [6, 6.07) is 6.93. The zero-order valence-electron chi connectivity index (χ0n) is 16.1. The number of hydrogen-bond donors (Lipinski definition) is 2. The fourth-order valence-electron chi connectivity index (χ4n) is 3.08. The average Bonchev–Trinajstić information content (AvgIpc) is 2.62. The molecule has 1 aliphatic heterocycles. The molecule has 0 spiro atoms. The summed E-state index contributed by atoms with van der Waals surface area (Å²) >= 11 is 0. The second-order valence-electron chi connectivity index (χ2n) is 7.75. The van der Waals surface area contributed by atoms with Crippen molar-refractivity contribution in [3.63, 3.8) is 0 Å². The Kier molecular flexibility index (Phi) is 5.22. The molecule has 2 N–H and O–H groups in total. The van der Waals surface area contributed by atoms with E-state index in [9.17, 15) is 14.4 Å². The van der Waals surface area contributed by atoms with Gasteiger partial charge in [-0.15, -0.1) is 0 Å². The monoisotopic (exact) mass is 385 g/mol. The van der Waals surface area contributed by atoms with Crippen LogP contribution >= 0.6 is 0 Å². The van der Waals surface area contributed by atoms with E-state index in [-0.39, 0.29) is 12.0 Å². The maximum Gasteiger partial charge on any atom is 0.338 e. The molecule has 1 aliphatic rings. The van der Waals surface area contributed by atoms with Gasteiger partial charge >= 0.3 is 11.9 Å². The number of carbonyl (C=O) groups excluding carboxylic acids is 1. The Morgan fingerprint density at radius 1 is 1.29 bits per heavy atom. The van der Waals surface area contributed by atoms with Crippen molar-refractivity contribution >= 4 is 17.6 Å². The van der Waals surface area contributed by atoms with Crippen LogP contribution in [0.1, 0.15) is 54.8 Å². The Balaban J connectivity index is 1.79. The fourth-order valence-corrected chi connectivity index (χ4v) is 3.08. The van der Waals surface area contributed by atoms with E-state index in [4.69, 9.17) is 9.84 Å². The van der Waals surface area contributed by atoms with Crippen molar-refractivity contribution in [3.05, 3.63) is 57.8 Å². The van der Waals surface area contributed by atoms with Crippen LogP contribution in [0.4, 0.5) is 5.69 Å². The zero-order chi connectivity index (χ0) is 20.5. The van der Waals surface area contributed by atoms with Crippen LogP contribution in [0.2, 0.25) is 0 Å². The molecule has 0 aliphatic carbocycles. The van der Waals surface area contributed by atoms with Gasteiger partial charge in [0.1, 0.15) is 17.8 Å². The van der Waals surface area contributed by atoms with Crippen LogP contribution in [0.15, 0.2) is 35.4 Å². The molecule has 0 bridgehead atoms. The number of fused-ring (bicyclic) bond motifs is 1. The molecule has 0 radical (unpaired) electrons. The first-order chi connectivity index (χ1) is 13.1. The van der Waals surface area contributed by atoms with E-state index in [1.54, 1.807) is 12.1 Å². The number of carbonyl (C=O) groups is 2. The first kappa shape index (κ1) is 19.6. The van der Waals surface area contributed by atoms with Crippen LogP contribution < -0.4 is 10.9 Å². The lowest BCUT2D eigenvalue weighted by molar-refractivity contribution is -0.137. The number of rotatable bonds is 4. The maximum atomic E-state index is 12.5. The van der Waals surface area contributed by atoms with Crippen molar-refractivity contribution in [1.82, 2.24) is 9.55 Å². The number of hydrogen-bond acceptors (Lipinski definition) is 6. The molecule has 1 aromatic heterocycles. The van der Waals surface area contributed by atoms with Crippen molar-refractivity contribution < 1.29 is 19.4 Å². The van der Waals surface area contributed by atoms with E-state index in [1.165, 1.54) is 6.33 Å². The van der Waals surface area contributed by atoms with Crippen LogP contribution in [-0.2, 0) is 22.5 Å². The number of esters is 1. The molecule has 28 heavy (non-hydrogen) atoms. The van der Waals surface area contributed by atoms with Crippen LogP contribution in [0.25, 0.3) is 0 Å². The van der Waals surface area contributed by atoms with Gasteiger partial charge in [0.05, 0.1) is 23.6 Å². The highest BCUT2D eigenvalue weighted by atomic mass is 16.6. The van der Waals surface area contributed by atoms with Gasteiger partial charge in [-0.1, -0.05) is 12.1 Å². The van der Waals surface area contributed by atoms with E-state index in [1.807, 2.05) is 32.9 Å². The van der Waals surface area contributed by atoms with E-state index >= 15 is 0 Å². The predicted molar refractivity (Wildman–Crippen MR) is 102 cm³/mol. The van der Waals surface area contributed by atoms with Gasteiger partial charge in [-0.05, 0) is 51.3 Å². The Bertz CT molecular complexity index is 957. The molecule has 1 atom stereocenters. The van der Waals surface area contributed by atoms with Gasteiger partial charge in [-0.3, -0.25) is 14.2 Å². The summed E-state index contributed by atoms with van der Waals surface area (Å²) in [4.78, 5) is 39.8. The molecule has 0 saturated heterocycles. The maximum absolute atomic E-state index is 12.5. The van der Waals surface area contributed by atoms with E-state index < -0.39 is 23.7 Å². The van der Waals surface area contributed by atoms with Gasteiger partial charge < -0.3 is 15.2 Å². The zero-order valence-corrected chi connectivity index (χ0v) is 16.1. The molecule has 148 valence electrons. The van der Waals surface area contributed by atoms with Crippen molar-refractivity contribution in [1.29, 1.82) is 0 Å². The fraction of sp³-hybridized carbons (Fsp3) is 0.400. The van der Waals surface area contributed by atoms with Crippen LogP contribution in [-0.4, -0.2) is 32.2 Å². The van der Waals surface area contributed by atoms with Crippen molar-refractivity contribution in [3.8, 4) is 0 Å². The highest BCUT2D eigenvalue weighted by Gasteiger charge is 2.24. The molecule has 0 amide bonds. The largest absolute Gasteiger partial charge is 0.480 e. The van der Waals surface area contributed by atoms with Crippen molar-refractivity contribution in [2.45, 2.75) is 51.8 Å². The average molecular weight is 385 g/mol. The molecule has 0 saturated carbocycles. The first-order valence-electron chi connectivity index (χ1n) is 9.04. The standard InChI is InChI=1S/C20H23N3O5/c1-20(2,3)28-19(27)13-6-4-12(5-7-13)14-8-9-15-17(22-14)18(26)23(11-21-15)10-16(24)25/h4-7,11,14,22H,8-10H2,1-3H3,(H,24,25). The van der Waals surface area contributed by atoms with E-state index in [2.05, 4.69) is 10.3 Å². The van der Waals surface area contributed by atoms with Gasteiger partial charge in [-0.25, -0.2) is 9.78 Å². The normalized spacial score (nSPS) is 16.0. The van der Waals surface area contributed by atoms with Crippen molar-refractivity contribution in [2.24, 2.45) is 0 Å². The van der Waals surface area contributed by atoms with E-state index in [0.717, 1.165) is 16.6 Å². The Morgan fingerprint density at radius 3 is 2.57 bits per heavy atom. The Labute approximate surface area is 162 Å². The first-order valence-corrected chi connectivity index (χ1v) is 9.04. The highest BCUT2D eigenvalue weighted by molar-refractivity contribution is 5.89. The number of aromatic nitrogens is 2. The number of carboxylic acid groups (broad SMARTS) is 1. The molecule has 2 aromatic rings. The Morgan fingerprint density at radius 2 is 1.96 bits per heavy atom. The number of carboxylic acids is 1. The minimum Gasteiger partial charge on any atom is -0.480 e. The number of nitrogens with one attached hydrogen (secondary N) is 1. The molecule has 0 fully saturated rings. The molecule has 2 heterocycles. The quantitative estimate of drug-likeness (QED) is 0.778. The van der Waals surface area contributed by atoms with E-state index in [0.29, 0.717) is 23.4 Å². The molecule has 8 nitrogen and oxygen atoms in total. The molecule has 1 unspecified atom stereocenters. The smallest absolute Gasteiger partial charge is 0.338 e. The summed E-state index contributed by atoms with van der Waals surface area (Å²) in [5.74, 6) is -1.49. The van der Waals surface area contributed by atoms with Crippen LogP contribution in [0, 0.1) is 0 Å². The Hall–Kier alpha value is -3.16. The summed E-state index contributed by atoms with van der Waals surface area (Å²) in [5, 5.41) is 12.1. The summed E-state index contributed by atoms with van der Waals surface area (Å²) in [7, 11) is 0. The third kappa shape index (κ3) is 4.39. The minimum atomic E-state index is -1.10. The lowest BCUT2D eigenvalue weighted by atomic mass is 9.96. The minimum absolute atomic E-state index is 0.129. The number of benzene rings is 1. The molecular weight excluding hydrogens is 362 g/mol. The summed E-state index contributed by atoms with van der Waals surface area (Å²) in [6.45, 7) is 5.01. The summed E-state index contributed by atoms with van der Waals surface area (Å²) in [5.41, 5.74) is 1.38. The van der Waals surface area contributed by atoms with Gasteiger partial charge in [0.2, 0.25) is 0 Å². The number of aliphatic carboxylic acids is 1. The number of aryl methyl sites for hydroxylation is 1. The highest BCUT2D eigenvalue weighted by Crippen LogP contribution is 2.29. The van der Waals surface area contributed by atoms with Gasteiger partial charge in [0.15, 0.2) is 0 Å². The second kappa shape index (κ2) is 7.46. The van der Waals surface area contributed by atoms with Gasteiger partial charge in [-0.2, -0.15) is 0 Å². The number of anilines is 1. The molecular formula is C20H23N3O5. The number of ether oxygens (including phenoxy) is 1. The van der Waals surface area contributed by atoms with Gasteiger partial charge in [0.25, 0.3) is 5.56 Å². The summed E-state index contributed by atoms with van der Waals surface area (Å²) in [6.07, 6.45) is 2.60. The third-order valence-electron chi connectivity index (χ3n) is 4.36.